The quantitative estimate of drug-likeness (QED) is 0.804. The van der Waals surface area contributed by atoms with Crippen molar-refractivity contribution in [2.45, 2.75) is 13.5 Å². The molecule has 0 atom stereocenters. The molecule has 22 heavy (non-hydrogen) atoms. The number of aryl methyl sites for hydroxylation is 1. The first-order chi connectivity index (χ1) is 10.7. The lowest BCUT2D eigenvalue weighted by molar-refractivity contribution is 0.0954. The average Bonchev–Trinajstić information content (AvgIpc) is 2.96. The van der Waals surface area contributed by atoms with E-state index in [1.807, 2.05) is 37.3 Å². The molecule has 0 radical (unpaired) electrons. The van der Waals surface area contributed by atoms with Gasteiger partial charge in [-0.05, 0) is 30.7 Å². The molecule has 0 fully saturated rings. The van der Waals surface area contributed by atoms with Crippen molar-refractivity contribution in [1.82, 2.24) is 20.3 Å². The lowest BCUT2D eigenvalue weighted by atomic mass is 10.3. The zero-order valence-corrected chi connectivity index (χ0v) is 12.8. The van der Waals surface area contributed by atoms with Crippen molar-refractivity contribution < 1.29 is 4.79 Å². The van der Waals surface area contributed by atoms with Gasteiger partial charge in [0, 0.05) is 25.1 Å². The molecule has 110 valence electrons. The van der Waals surface area contributed by atoms with Crippen LogP contribution in [0.4, 0.5) is 0 Å². The molecule has 0 aliphatic rings. The maximum atomic E-state index is 12.3. The second-order valence-electron chi connectivity index (χ2n) is 4.69. The molecule has 0 spiro atoms. The van der Waals surface area contributed by atoms with Gasteiger partial charge in [-0.1, -0.05) is 12.1 Å². The van der Waals surface area contributed by atoms with Crippen LogP contribution in [0.25, 0.3) is 10.7 Å². The number of aromatic nitrogens is 3. The van der Waals surface area contributed by atoms with Crippen LogP contribution in [0.2, 0.25) is 0 Å². The van der Waals surface area contributed by atoms with E-state index in [2.05, 4.69) is 20.3 Å². The Morgan fingerprint density at radius 3 is 2.86 bits per heavy atom. The summed E-state index contributed by atoms with van der Waals surface area (Å²) in [6.07, 6.45) is 5.16. The SMILES string of the molecule is Cc1nc(-c2ccccn2)sc1C(=O)NCc1cccnc1. The van der Waals surface area contributed by atoms with Gasteiger partial charge >= 0.3 is 0 Å². The molecule has 0 saturated heterocycles. The number of nitrogens with zero attached hydrogens (tertiary/aromatic N) is 3. The average molecular weight is 310 g/mol. The number of thiazole rings is 1. The lowest BCUT2D eigenvalue weighted by Crippen LogP contribution is -2.22. The number of pyridine rings is 2. The van der Waals surface area contributed by atoms with Crippen LogP contribution in [0, 0.1) is 6.92 Å². The highest BCUT2D eigenvalue weighted by Gasteiger charge is 2.16. The van der Waals surface area contributed by atoms with Crippen LogP contribution < -0.4 is 5.32 Å². The first-order valence-corrected chi connectivity index (χ1v) is 7.61. The smallest absolute Gasteiger partial charge is 0.263 e. The van der Waals surface area contributed by atoms with Crippen LogP contribution in [-0.2, 0) is 6.54 Å². The number of carbonyl (C=O) groups excluding carboxylic acids is 1. The highest BCUT2D eigenvalue weighted by Crippen LogP contribution is 2.26. The number of nitrogens with one attached hydrogen (secondary N) is 1. The highest BCUT2D eigenvalue weighted by atomic mass is 32.1. The molecule has 0 aromatic carbocycles. The minimum atomic E-state index is -0.124. The van der Waals surface area contributed by atoms with Crippen molar-refractivity contribution in [2.75, 3.05) is 0 Å². The van der Waals surface area contributed by atoms with E-state index in [-0.39, 0.29) is 5.91 Å². The van der Waals surface area contributed by atoms with E-state index in [1.165, 1.54) is 11.3 Å². The Kier molecular flexibility index (Phi) is 4.20. The monoisotopic (exact) mass is 310 g/mol. The number of rotatable bonds is 4. The molecule has 0 unspecified atom stereocenters. The molecule has 1 amide bonds. The van der Waals surface area contributed by atoms with Gasteiger partial charge in [-0.2, -0.15) is 0 Å². The molecule has 0 aliphatic carbocycles. The molecule has 5 nitrogen and oxygen atoms in total. The Morgan fingerprint density at radius 2 is 2.14 bits per heavy atom. The third-order valence-corrected chi connectivity index (χ3v) is 4.24. The highest BCUT2D eigenvalue weighted by molar-refractivity contribution is 7.17. The van der Waals surface area contributed by atoms with E-state index in [0.29, 0.717) is 17.1 Å². The van der Waals surface area contributed by atoms with Crippen molar-refractivity contribution in [2.24, 2.45) is 0 Å². The van der Waals surface area contributed by atoms with Gasteiger partial charge in [0.15, 0.2) is 0 Å². The normalized spacial score (nSPS) is 10.4. The lowest BCUT2D eigenvalue weighted by Gasteiger charge is -2.03. The zero-order chi connectivity index (χ0) is 15.4. The molecule has 0 saturated carbocycles. The van der Waals surface area contributed by atoms with Gasteiger partial charge in [0.05, 0.1) is 11.4 Å². The Bertz CT molecular complexity index is 771. The summed E-state index contributed by atoms with van der Waals surface area (Å²) in [4.78, 5) is 25.6. The van der Waals surface area contributed by atoms with E-state index in [4.69, 9.17) is 0 Å². The van der Waals surface area contributed by atoms with Crippen LogP contribution in [0.5, 0.6) is 0 Å². The Morgan fingerprint density at radius 1 is 1.23 bits per heavy atom. The first-order valence-electron chi connectivity index (χ1n) is 6.80. The van der Waals surface area contributed by atoms with E-state index in [1.54, 1.807) is 18.6 Å². The minimum Gasteiger partial charge on any atom is -0.347 e. The van der Waals surface area contributed by atoms with Gasteiger partial charge in [0.1, 0.15) is 9.88 Å². The van der Waals surface area contributed by atoms with Crippen LogP contribution in [-0.4, -0.2) is 20.9 Å². The molecule has 1 N–H and O–H groups in total. The van der Waals surface area contributed by atoms with E-state index in [9.17, 15) is 4.79 Å². The Hall–Kier alpha value is -2.60. The number of hydrogen-bond donors (Lipinski definition) is 1. The summed E-state index contributed by atoms with van der Waals surface area (Å²) in [7, 11) is 0. The van der Waals surface area contributed by atoms with Crippen LogP contribution in [0.3, 0.4) is 0 Å². The molecule has 6 heteroatoms. The molecule has 3 aromatic heterocycles. The topological polar surface area (TPSA) is 67.8 Å². The summed E-state index contributed by atoms with van der Waals surface area (Å²) < 4.78 is 0. The van der Waals surface area contributed by atoms with E-state index in [0.717, 1.165) is 16.3 Å². The number of carbonyl (C=O) groups is 1. The molecular formula is C16H14N4OS. The van der Waals surface area contributed by atoms with Crippen molar-refractivity contribution in [3.05, 3.63) is 65.1 Å². The summed E-state index contributed by atoms with van der Waals surface area (Å²) >= 11 is 1.35. The van der Waals surface area contributed by atoms with Gasteiger partial charge in [0.25, 0.3) is 5.91 Å². The molecule has 3 aromatic rings. The number of hydrogen-bond acceptors (Lipinski definition) is 5. The fraction of sp³-hybridized carbons (Fsp3) is 0.125. The summed E-state index contributed by atoms with van der Waals surface area (Å²) in [5.41, 5.74) is 2.46. The first kappa shape index (κ1) is 14.3. The Labute approximate surface area is 132 Å². The van der Waals surface area contributed by atoms with Crippen molar-refractivity contribution in [3.63, 3.8) is 0 Å². The zero-order valence-electron chi connectivity index (χ0n) is 12.0. The predicted octanol–water partition coefficient (Wildman–Crippen LogP) is 2.84. The van der Waals surface area contributed by atoms with Gasteiger partial charge < -0.3 is 5.32 Å². The predicted molar refractivity (Wildman–Crippen MR) is 85.5 cm³/mol. The summed E-state index contributed by atoms with van der Waals surface area (Å²) in [5.74, 6) is -0.124. The largest absolute Gasteiger partial charge is 0.347 e. The Balaban J connectivity index is 1.74. The van der Waals surface area contributed by atoms with Crippen LogP contribution in [0.15, 0.2) is 48.9 Å². The van der Waals surface area contributed by atoms with Gasteiger partial charge in [-0.25, -0.2) is 4.98 Å². The fourth-order valence-corrected chi connectivity index (χ4v) is 2.93. The van der Waals surface area contributed by atoms with Gasteiger partial charge in [0.2, 0.25) is 0 Å². The summed E-state index contributed by atoms with van der Waals surface area (Å²) in [6.45, 7) is 2.28. The molecular weight excluding hydrogens is 296 g/mol. The van der Waals surface area contributed by atoms with Crippen molar-refractivity contribution in [3.8, 4) is 10.7 Å². The summed E-state index contributed by atoms with van der Waals surface area (Å²) in [6, 6.07) is 9.41. The molecule has 3 heterocycles. The third-order valence-electron chi connectivity index (χ3n) is 3.06. The second-order valence-corrected chi connectivity index (χ2v) is 5.69. The van der Waals surface area contributed by atoms with Gasteiger partial charge in [-0.15, -0.1) is 11.3 Å². The second kappa shape index (κ2) is 6.44. The number of amides is 1. The maximum Gasteiger partial charge on any atom is 0.263 e. The standard InChI is InChI=1S/C16H14N4OS/c1-11-14(15(21)19-10-12-5-4-7-17-9-12)22-16(20-11)13-6-2-3-8-18-13/h2-9H,10H2,1H3,(H,19,21). The van der Waals surface area contributed by atoms with Crippen LogP contribution >= 0.6 is 11.3 Å². The van der Waals surface area contributed by atoms with Crippen molar-refractivity contribution in [1.29, 1.82) is 0 Å². The van der Waals surface area contributed by atoms with Gasteiger partial charge in [-0.3, -0.25) is 14.8 Å². The molecule has 0 aliphatic heterocycles. The summed E-state index contributed by atoms with van der Waals surface area (Å²) in [5, 5.41) is 3.65. The third kappa shape index (κ3) is 3.17. The van der Waals surface area contributed by atoms with E-state index >= 15 is 0 Å². The molecule has 0 bridgehead atoms. The molecule has 3 rings (SSSR count). The maximum absolute atomic E-state index is 12.3. The van der Waals surface area contributed by atoms with Crippen LogP contribution in [0.1, 0.15) is 20.9 Å². The fourth-order valence-electron chi connectivity index (χ4n) is 1.97. The van der Waals surface area contributed by atoms with Crippen molar-refractivity contribution >= 4 is 17.2 Å². The van der Waals surface area contributed by atoms with E-state index < -0.39 is 0 Å². The minimum absolute atomic E-state index is 0.124.